The molecule has 2 aliphatic rings. The first-order chi connectivity index (χ1) is 12.0. The van der Waals surface area contributed by atoms with Gasteiger partial charge in [-0.1, -0.05) is 6.07 Å². The number of amides is 2. The quantitative estimate of drug-likeness (QED) is 0.906. The zero-order chi connectivity index (χ0) is 17.7. The molecule has 1 N–H and O–H groups in total. The molecule has 0 saturated carbocycles. The van der Waals surface area contributed by atoms with Gasteiger partial charge in [0.15, 0.2) is 0 Å². The van der Waals surface area contributed by atoms with Crippen molar-refractivity contribution in [2.24, 2.45) is 0 Å². The molecular formula is C19H16F2N2O2. The van der Waals surface area contributed by atoms with E-state index < -0.39 is 23.1 Å². The van der Waals surface area contributed by atoms with Crippen molar-refractivity contribution in [2.75, 3.05) is 16.8 Å². The third kappa shape index (κ3) is 2.40. The molecule has 0 radical (unpaired) electrons. The van der Waals surface area contributed by atoms with Crippen molar-refractivity contribution >= 4 is 23.2 Å². The Balaban J connectivity index is 1.72. The summed E-state index contributed by atoms with van der Waals surface area (Å²) >= 11 is 0. The molecule has 0 fully saturated rings. The second-order valence-corrected chi connectivity index (χ2v) is 6.44. The highest BCUT2D eigenvalue weighted by atomic mass is 19.1. The number of halogens is 2. The number of carbonyl (C=O) groups excluding carboxylic acids is 2. The van der Waals surface area contributed by atoms with Crippen LogP contribution in [0.4, 0.5) is 20.2 Å². The molecule has 25 heavy (non-hydrogen) atoms. The van der Waals surface area contributed by atoms with Crippen LogP contribution in [-0.4, -0.2) is 18.4 Å². The Morgan fingerprint density at radius 3 is 2.68 bits per heavy atom. The Morgan fingerprint density at radius 1 is 1.24 bits per heavy atom. The molecule has 0 unspecified atom stereocenters. The zero-order valence-corrected chi connectivity index (χ0v) is 13.6. The Labute approximate surface area is 143 Å². The van der Waals surface area contributed by atoms with Crippen LogP contribution in [0.2, 0.25) is 0 Å². The first kappa shape index (κ1) is 15.7. The molecule has 1 atom stereocenters. The van der Waals surface area contributed by atoms with E-state index in [2.05, 4.69) is 5.32 Å². The van der Waals surface area contributed by atoms with E-state index in [9.17, 15) is 18.4 Å². The van der Waals surface area contributed by atoms with Gasteiger partial charge in [-0.2, -0.15) is 0 Å². The van der Waals surface area contributed by atoms with Gasteiger partial charge < -0.3 is 10.2 Å². The number of carbonyl (C=O) groups is 2. The molecule has 4 rings (SSSR count). The molecule has 2 aliphatic heterocycles. The molecule has 0 bridgehead atoms. The predicted octanol–water partition coefficient (Wildman–Crippen LogP) is 3.61. The minimum Gasteiger partial charge on any atom is -0.322 e. The highest BCUT2D eigenvalue weighted by molar-refractivity contribution is 6.08. The molecule has 0 spiro atoms. The molecule has 2 aromatic rings. The average Bonchev–Trinajstić information content (AvgIpc) is 2.81. The fourth-order valence-electron chi connectivity index (χ4n) is 3.68. The fourth-order valence-corrected chi connectivity index (χ4v) is 3.68. The van der Waals surface area contributed by atoms with E-state index >= 15 is 0 Å². The molecule has 2 aromatic carbocycles. The summed E-state index contributed by atoms with van der Waals surface area (Å²) in [6, 6.07) is 6.81. The number of aryl methyl sites for hydroxylation is 1. The summed E-state index contributed by atoms with van der Waals surface area (Å²) in [6.07, 6.45) is 1.65. The van der Waals surface area contributed by atoms with Crippen LogP contribution in [0.5, 0.6) is 0 Å². The highest BCUT2D eigenvalue weighted by Crippen LogP contribution is 2.44. The summed E-state index contributed by atoms with van der Waals surface area (Å²) in [7, 11) is 0. The van der Waals surface area contributed by atoms with Gasteiger partial charge in [0.2, 0.25) is 5.91 Å². The van der Waals surface area contributed by atoms with Crippen LogP contribution in [0, 0.1) is 11.6 Å². The van der Waals surface area contributed by atoms with Crippen molar-refractivity contribution in [1.82, 2.24) is 0 Å². The van der Waals surface area contributed by atoms with Crippen LogP contribution in [0.3, 0.4) is 0 Å². The van der Waals surface area contributed by atoms with Crippen LogP contribution in [0.15, 0.2) is 30.3 Å². The largest absolute Gasteiger partial charge is 0.322 e. The first-order valence-corrected chi connectivity index (χ1v) is 8.21. The van der Waals surface area contributed by atoms with Crippen LogP contribution in [0.25, 0.3) is 0 Å². The summed E-state index contributed by atoms with van der Waals surface area (Å²) < 4.78 is 27.6. The smallest absolute Gasteiger partial charge is 0.261 e. The standard InChI is InChI=1S/C19H16F2N2O2/c1-10-13-9-12(8-11-4-3-7-23(17(11)13)19(10)25)22-18(24)16-14(20)5-2-6-15(16)21/h2,5-6,8-10H,3-4,7H2,1H3,(H,22,24)/t10-/m0/s1. The van der Waals surface area contributed by atoms with E-state index in [-0.39, 0.29) is 11.8 Å². The SMILES string of the molecule is C[C@@H]1C(=O)N2CCCc3cc(NC(=O)c4c(F)cccc4F)cc1c32. The third-order valence-corrected chi connectivity index (χ3v) is 4.87. The number of nitrogens with zero attached hydrogens (tertiary/aromatic N) is 1. The molecule has 0 aliphatic carbocycles. The molecule has 0 saturated heterocycles. The summed E-state index contributed by atoms with van der Waals surface area (Å²) in [4.78, 5) is 26.5. The van der Waals surface area contributed by atoms with E-state index in [4.69, 9.17) is 0 Å². The van der Waals surface area contributed by atoms with Gasteiger partial charge >= 0.3 is 0 Å². The third-order valence-electron chi connectivity index (χ3n) is 4.87. The second kappa shape index (κ2) is 5.65. The molecule has 6 heteroatoms. The maximum atomic E-state index is 13.8. The van der Waals surface area contributed by atoms with Crippen molar-refractivity contribution in [3.63, 3.8) is 0 Å². The van der Waals surface area contributed by atoms with Crippen molar-refractivity contribution in [3.8, 4) is 0 Å². The lowest BCUT2D eigenvalue weighted by Gasteiger charge is -2.26. The summed E-state index contributed by atoms with van der Waals surface area (Å²) in [5.41, 5.74) is 2.60. The number of benzene rings is 2. The van der Waals surface area contributed by atoms with Gasteiger partial charge in [-0.05, 0) is 55.2 Å². The number of rotatable bonds is 2. The Morgan fingerprint density at radius 2 is 1.96 bits per heavy atom. The zero-order valence-electron chi connectivity index (χ0n) is 13.6. The van der Waals surface area contributed by atoms with Crippen LogP contribution >= 0.6 is 0 Å². The van der Waals surface area contributed by atoms with E-state index in [1.54, 1.807) is 17.0 Å². The van der Waals surface area contributed by atoms with Gasteiger partial charge in [0.1, 0.15) is 17.2 Å². The maximum absolute atomic E-state index is 13.8. The summed E-state index contributed by atoms with van der Waals surface area (Å²) in [6.45, 7) is 2.54. The number of nitrogens with one attached hydrogen (secondary N) is 1. The monoisotopic (exact) mass is 342 g/mol. The molecule has 0 aromatic heterocycles. The fraction of sp³-hybridized carbons (Fsp3) is 0.263. The number of hydrogen-bond donors (Lipinski definition) is 1. The van der Waals surface area contributed by atoms with E-state index in [0.29, 0.717) is 12.2 Å². The highest BCUT2D eigenvalue weighted by Gasteiger charge is 2.38. The van der Waals surface area contributed by atoms with Crippen molar-refractivity contribution in [2.45, 2.75) is 25.7 Å². The minimum absolute atomic E-state index is 0.0552. The van der Waals surface area contributed by atoms with Gasteiger partial charge in [-0.25, -0.2) is 8.78 Å². The van der Waals surface area contributed by atoms with Crippen LogP contribution in [0.1, 0.15) is 40.7 Å². The van der Waals surface area contributed by atoms with Gasteiger partial charge in [-0.15, -0.1) is 0 Å². The average molecular weight is 342 g/mol. The molecule has 2 amide bonds. The Hall–Kier alpha value is -2.76. The maximum Gasteiger partial charge on any atom is 0.261 e. The molecule has 2 heterocycles. The van der Waals surface area contributed by atoms with Gasteiger partial charge in [0.05, 0.1) is 11.6 Å². The summed E-state index contributed by atoms with van der Waals surface area (Å²) in [5, 5.41) is 2.57. The lowest BCUT2D eigenvalue weighted by molar-refractivity contribution is -0.119. The van der Waals surface area contributed by atoms with Crippen molar-refractivity contribution in [3.05, 3.63) is 58.7 Å². The van der Waals surface area contributed by atoms with Gasteiger partial charge in [-0.3, -0.25) is 9.59 Å². The van der Waals surface area contributed by atoms with E-state index in [1.807, 2.05) is 6.92 Å². The van der Waals surface area contributed by atoms with Crippen molar-refractivity contribution in [1.29, 1.82) is 0 Å². The molecule has 4 nitrogen and oxygen atoms in total. The molecular weight excluding hydrogens is 326 g/mol. The minimum atomic E-state index is -0.908. The molecule has 128 valence electrons. The van der Waals surface area contributed by atoms with E-state index in [1.165, 1.54) is 6.07 Å². The number of hydrogen-bond acceptors (Lipinski definition) is 2. The first-order valence-electron chi connectivity index (χ1n) is 8.21. The predicted molar refractivity (Wildman–Crippen MR) is 89.8 cm³/mol. The van der Waals surface area contributed by atoms with Crippen molar-refractivity contribution < 1.29 is 18.4 Å². The lowest BCUT2D eigenvalue weighted by atomic mass is 9.96. The lowest BCUT2D eigenvalue weighted by Crippen LogP contribution is -2.32. The summed E-state index contributed by atoms with van der Waals surface area (Å²) in [5.74, 6) is -2.88. The second-order valence-electron chi connectivity index (χ2n) is 6.44. The number of anilines is 2. The topological polar surface area (TPSA) is 49.4 Å². The normalized spacial score (nSPS) is 18.3. The van der Waals surface area contributed by atoms with Gasteiger partial charge in [0, 0.05) is 12.2 Å². The van der Waals surface area contributed by atoms with Crippen LogP contribution < -0.4 is 10.2 Å². The van der Waals surface area contributed by atoms with Gasteiger partial charge in [0.25, 0.3) is 5.91 Å². The van der Waals surface area contributed by atoms with Crippen LogP contribution in [-0.2, 0) is 11.2 Å². The Kier molecular flexibility index (Phi) is 3.56. The Bertz CT molecular complexity index is 890. The van der Waals surface area contributed by atoms with E-state index in [0.717, 1.165) is 41.8 Å².